The maximum atomic E-state index is 12.1. The van der Waals surface area contributed by atoms with Gasteiger partial charge >= 0.3 is 0 Å². The molecule has 1 saturated carbocycles. The molecule has 0 aromatic heterocycles. The Morgan fingerprint density at radius 1 is 1.36 bits per heavy atom. The zero-order chi connectivity index (χ0) is 17.5. The number of nitrogens with zero attached hydrogens (tertiary/aromatic N) is 1. The second-order valence-corrected chi connectivity index (χ2v) is 8.81. The molecule has 0 bridgehead atoms. The molecular formula is C17H26Cl2IN3OS. The minimum absolute atomic E-state index is 0. The van der Waals surface area contributed by atoms with Gasteiger partial charge in [0.25, 0.3) is 0 Å². The highest BCUT2D eigenvalue weighted by atomic mass is 127. The molecule has 4 nitrogen and oxygen atoms in total. The van der Waals surface area contributed by atoms with Crippen LogP contribution in [-0.2, 0) is 17.3 Å². The Kier molecular flexibility index (Phi) is 10.7. The fourth-order valence-electron chi connectivity index (χ4n) is 2.98. The van der Waals surface area contributed by atoms with Crippen molar-refractivity contribution >= 4 is 63.9 Å². The molecule has 0 spiro atoms. The van der Waals surface area contributed by atoms with Crippen molar-refractivity contribution in [2.45, 2.75) is 50.4 Å². The average Bonchev–Trinajstić information content (AvgIpc) is 2.59. The molecule has 0 radical (unpaired) electrons. The van der Waals surface area contributed by atoms with E-state index in [-0.39, 0.29) is 24.0 Å². The Bertz CT molecular complexity index is 616. The summed E-state index contributed by atoms with van der Waals surface area (Å²) in [6, 6.07) is 5.78. The first-order valence-corrected chi connectivity index (χ1v) is 10.5. The molecule has 0 amide bonds. The van der Waals surface area contributed by atoms with E-state index in [0.29, 0.717) is 27.9 Å². The molecule has 2 rings (SSSR count). The number of nitrogens with one attached hydrogen (secondary N) is 2. The van der Waals surface area contributed by atoms with Crippen LogP contribution in [0, 0.1) is 0 Å². The van der Waals surface area contributed by atoms with Gasteiger partial charge in [0.15, 0.2) is 5.96 Å². The van der Waals surface area contributed by atoms with Crippen LogP contribution in [0.5, 0.6) is 0 Å². The summed E-state index contributed by atoms with van der Waals surface area (Å²) in [5, 5.41) is 8.30. The number of guanidine groups is 1. The molecule has 25 heavy (non-hydrogen) atoms. The first kappa shape index (κ1) is 23.0. The van der Waals surface area contributed by atoms with Crippen LogP contribution in [-0.4, -0.2) is 34.3 Å². The SMILES string of the molecule is CCS(=O)C1CCCC(NC(=NC)NCc2ccc(Cl)cc2Cl)C1.I. The first-order chi connectivity index (χ1) is 11.5. The van der Waals surface area contributed by atoms with Gasteiger partial charge in [0.1, 0.15) is 0 Å². The van der Waals surface area contributed by atoms with Crippen molar-refractivity contribution in [1.29, 1.82) is 0 Å². The first-order valence-electron chi connectivity index (χ1n) is 8.31. The standard InChI is InChI=1S/C17H25Cl2N3OS.HI/c1-3-24(23)15-6-4-5-14(10-15)22-17(20-2)21-11-12-7-8-13(18)9-16(12)19;/h7-9,14-15H,3-6,10-11H2,1-2H3,(H2,20,21,22);1H. The minimum Gasteiger partial charge on any atom is -0.354 e. The smallest absolute Gasteiger partial charge is 0.191 e. The molecule has 0 saturated heterocycles. The summed E-state index contributed by atoms with van der Waals surface area (Å²) < 4.78 is 12.1. The molecule has 1 aliphatic carbocycles. The Morgan fingerprint density at radius 3 is 2.76 bits per heavy atom. The van der Waals surface area contributed by atoms with E-state index >= 15 is 0 Å². The van der Waals surface area contributed by atoms with Crippen molar-refractivity contribution in [3.05, 3.63) is 33.8 Å². The van der Waals surface area contributed by atoms with E-state index in [9.17, 15) is 4.21 Å². The molecule has 142 valence electrons. The average molecular weight is 518 g/mol. The zero-order valence-corrected chi connectivity index (χ0v) is 19.2. The number of halogens is 3. The summed E-state index contributed by atoms with van der Waals surface area (Å²) >= 11 is 12.1. The van der Waals surface area contributed by atoms with Gasteiger partial charge in [-0.15, -0.1) is 24.0 Å². The van der Waals surface area contributed by atoms with E-state index in [1.165, 1.54) is 0 Å². The van der Waals surface area contributed by atoms with E-state index in [1.54, 1.807) is 13.1 Å². The van der Waals surface area contributed by atoms with Crippen LogP contribution < -0.4 is 10.6 Å². The topological polar surface area (TPSA) is 53.5 Å². The van der Waals surface area contributed by atoms with Gasteiger partial charge in [-0.1, -0.05) is 42.6 Å². The third kappa shape index (κ3) is 7.23. The third-order valence-corrected chi connectivity index (χ3v) is 6.64. The van der Waals surface area contributed by atoms with Crippen LogP contribution in [0.25, 0.3) is 0 Å². The van der Waals surface area contributed by atoms with Crippen LogP contribution in [0.1, 0.15) is 38.2 Å². The predicted molar refractivity (Wildman–Crippen MR) is 120 cm³/mol. The summed E-state index contributed by atoms with van der Waals surface area (Å²) in [5.74, 6) is 1.48. The van der Waals surface area contributed by atoms with Crippen molar-refractivity contribution in [2.24, 2.45) is 4.99 Å². The Balaban J connectivity index is 0.00000312. The maximum Gasteiger partial charge on any atom is 0.191 e. The number of aliphatic imine (C=N–C) groups is 1. The number of rotatable bonds is 5. The zero-order valence-electron chi connectivity index (χ0n) is 14.6. The number of hydrogen-bond donors (Lipinski definition) is 2. The summed E-state index contributed by atoms with van der Waals surface area (Å²) in [6.45, 7) is 2.57. The lowest BCUT2D eigenvalue weighted by Crippen LogP contribution is -2.46. The molecule has 1 fully saturated rings. The molecule has 1 aromatic rings. The van der Waals surface area contributed by atoms with Gasteiger partial charge in [-0.25, -0.2) is 0 Å². The summed E-state index contributed by atoms with van der Waals surface area (Å²) in [4.78, 5) is 4.28. The van der Waals surface area contributed by atoms with Crippen LogP contribution in [0.15, 0.2) is 23.2 Å². The molecule has 8 heteroatoms. The second-order valence-electron chi connectivity index (χ2n) is 5.96. The quantitative estimate of drug-likeness (QED) is 0.346. The van der Waals surface area contributed by atoms with E-state index in [0.717, 1.165) is 43.0 Å². The highest BCUT2D eigenvalue weighted by Crippen LogP contribution is 2.23. The molecule has 0 aliphatic heterocycles. The fourth-order valence-corrected chi connectivity index (χ4v) is 4.81. The van der Waals surface area contributed by atoms with Gasteiger partial charge in [0.05, 0.1) is 0 Å². The highest BCUT2D eigenvalue weighted by molar-refractivity contribution is 14.0. The Labute approximate surface area is 180 Å². The highest BCUT2D eigenvalue weighted by Gasteiger charge is 2.26. The van der Waals surface area contributed by atoms with E-state index in [4.69, 9.17) is 23.2 Å². The van der Waals surface area contributed by atoms with Gasteiger partial charge in [-0.05, 0) is 37.0 Å². The summed E-state index contributed by atoms with van der Waals surface area (Å²) in [5.41, 5.74) is 0.970. The van der Waals surface area contributed by atoms with Crippen LogP contribution in [0.3, 0.4) is 0 Å². The fraction of sp³-hybridized carbons (Fsp3) is 0.588. The third-order valence-electron chi connectivity index (χ3n) is 4.31. The minimum atomic E-state index is -0.720. The largest absolute Gasteiger partial charge is 0.354 e. The predicted octanol–water partition coefficient (Wildman–Crippen LogP) is 4.36. The molecule has 3 unspecified atom stereocenters. The number of hydrogen-bond acceptors (Lipinski definition) is 2. The van der Waals surface area contributed by atoms with Gasteiger partial charge < -0.3 is 10.6 Å². The molecule has 0 heterocycles. The van der Waals surface area contributed by atoms with Crippen LogP contribution >= 0.6 is 47.2 Å². The van der Waals surface area contributed by atoms with E-state index in [1.807, 2.05) is 19.1 Å². The Morgan fingerprint density at radius 2 is 2.12 bits per heavy atom. The lowest BCUT2D eigenvalue weighted by atomic mass is 9.95. The lowest BCUT2D eigenvalue weighted by molar-refractivity contribution is 0.413. The van der Waals surface area contributed by atoms with Crippen molar-refractivity contribution < 1.29 is 4.21 Å². The Hall–Kier alpha value is -0.0500. The van der Waals surface area contributed by atoms with Gasteiger partial charge in [-0.2, -0.15) is 0 Å². The molecule has 1 aliphatic rings. The van der Waals surface area contributed by atoms with Crippen LogP contribution in [0.4, 0.5) is 0 Å². The maximum absolute atomic E-state index is 12.1. The van der Waals surface area contributed by atoms with Crippen molar-refractivity contribution in [1.82, 2.24) is 10.6 Å². The van der Waals surface area contributed by atoms with Crippen molar-refractivity contribution in [3.8, 4) is 0 Å². The van der Waals surface area contributed by atoms with Gasteiger partial charge in [0, 0.05) is 51.5 Å². The normalized spacial score (nSPS) is 22.0. The second kappa shape index (κ2) is 11.6. The van der Waals surface area contributed by atoms with E-state index < -0.39 is 10.8 Å². The van der Waals surface area contributed by atoms with E-state index in [2.05, 4.69) is 15.6 Å². The van der Waals surface area contributed by atoms with Gasteiger partial charge in [-0.3, -0.25) is 9.20 Å². The lowest BCUT2D eigenvalue weighted by Gasteiger charge is -2.30. The monoisotopic (exact) mass is 517 g/mol. The van der Waals surface area contributed by atoms with Crippen molar-refractivity contribution in [3.63, 3.8) is 0 Å². The summed E-state index contributed by atoms with van der Waals surface area (Å²) in [6.07, 6.45) is 4.18. The summed E-state index contributed by atoms with van der Waals surface area (Å²) in [7, 11) is 1.03. The molecular weight excluding hydrogens is 492 g/mol. The van der Waals surface area contributed by atoms with Crippen LogP contribution in [0.2, 0.25) is 10.0 Å². The number of benzene rings is 1. The molecule has 1 aromatic carbocycles. The van der Waals surface area contributed by atoms with Crippen molar-refractivity contribution in [2.75, 3.05) is 12.8 Å². The molecule has 3 atom stereocenters. The molecule has 2 N–H and O–H groups in total. The van der Waals surface area contributed by atoms with Gasteiger partial charge in [0.2, 0.25) is 0 Å².